The number of likely N-dealkylation sites (tertiary alicyclic amines) is 1. The molecule has 0 spiro atoms. The highest BCUT2D eigenvalue weighted by Gasteiger charge is 2.29. The summed E-state index contributed by atoms with van der Waals surface area (Å²) in [6.45, 7) is 5.97. The lowest BCUT2D eigenvalue weighted by atomic mass is 10.0. The third kappa shape index (κ3) is 1.88. The van der Waals surface area contributed by atoms with Crippen molar-refractivity contribution in [2.45, 2.75) is 13.8 Å². The van der Waals surface area contributed by atoms with Gasteiger partial charge in [0.25, 0.3) is 0 Å². The molecule has 1 fully saturated rings. The Morgan fingerprint density at radius 1 is 1.42 bits per heavy atom. The molecule has 4 heteroatoms. The van der Waals surface area contributed by atoms with Crippen LogP contribution in [0.2, 0.25) is 0 Å². The van der Waals surface area contributed by atoms with E-state index in [-0.39, 0.29) is 6.03 Å². The number of rotatable bonds is 1. The molecule has 0 bridgehead atoms. The van der Waals surface area contributed by atoms with Crippen LogP contribution in [-0.4, -0.2) is 31.1 Å². The van der Waals surface area contributed by atoms with Crippen molar-refractivity contribution in [3.63, 3.8) is 0 Å². The molecule has 1 saturated heterocycles. The largest absolute Gasteiger partial charge is 0.341 e. The van der Waals surface area contributed by atoms with Crippen LogP contribution >= 0.6 is 0 Å². The molecule has 2 amide bonds. The van der Waals surface area contributed by atoms with Crippen LogP contribution in [0.15, 0.2) is 0 Å². The molecule has 12 heavy (non-hydrogen) atoms. The second-order valence-electron chi connectivity index (χ2n) is 3.47. The van der Waals surface area contributed by atoms with Crippen molar-refractivity contribution < 1.29 is 9.63 Å². The number of nitrogens with zero attached hydrogens (tertiary/aromatic N) is 1. The van der Waals surface area contributed by atoms with Gasteiger partial charge in [0.2, 0.25) is 0 Å². The summed E-state index contributed by atoms with van der Waals surface area (Å²) < 4.78 is 0. The minimum Gasteiger partial charge on any atom is -0.322 e. The number of hydrogen-bond donors (Lipinski definition) is 1. The molecular formula is C8H16N2O2. The number of amides is 2. The zero-order chi connectivity index (χ0) is 9.14. The molecule has 0 aromatic carbocycles. The summed E-state index contributed by atoms with van der Waals surface area (Å²) >= 11 is 0. The first kappa shape index (κ1) is 9.32. The molecule has 1 N–H and O–H groups in total. The van der Waals surface area contributed by atoms with Crippen LogP contribution in [0.4, 0.5) is 4.79 Å². The second-order valence-corrected chi connectivity index (χ2v) is 3.47. The summed E-state index contributed by atoms with van der Waals surface area (Å²) in [6.07, 6.45) is 0. The van der Waals surface area contributed by atoms with E-state index in [9.17, 15) is 4.79 Å². The molecular weight excluding hydrogens is 156 g/mol. The summed E-state index contributed by atoms with van der Waals surface area (Å²) in [6, 6.07) is -0.131. The molecule has 1 rings (SSSR count). The molecule has 2 atom stereocenters. The van der Waals surface area contributed by atoms with E-state index < -0.39 is 0 Å². The van der Waals surface area contributed by atoms with Crippen molar-refractivity contribution in [2.75, 3.05) is 20.2 Å². The Labute approximate surface area is 72.8 Å². The van der Waals surface area contributed by atoms with Gasteiger partial charge >= 0.3 is 6.03 Å². The van der Waals surface area contributed by atoms with Crippen LogP contribution in [0.3, 0.4) is 0 Å². The zero-order valence-electron chi connectivity index (χ0n) is 7.83. The molecule has 0 aromatic heterocycles. The molecule has 70 valence electrons. The van der Waals surface area contributed by atoms with Crippen LogP contribution in [0, 0.1) is 11.8 Å². The van der Waals surface area contributed by atoms with Gasteiger partial charge in [-0.1, -0.05) is 13.8 Å². The predicted molar refractivity (Wildman–Crippen MR) is 45.4 cm³/mol. The Balaban J connectivity index is 2.40. The fourth-order valence-electron chi connectivity index (χ4n) is 1.45. The van der Waals surface area contributed by atoms with Gasteiger partial charge in [-0.25, -0.2) is 10.3 Å². The summed E-state index contributed by atoms with van der Waals surface area (Å²) in [5, 5.41) is 0. The van der Waals surface area contributed by atoms with E-state index in [0.29, 0.717) is 11.8 Å². The standard InChI is InChI=1S/C8H16N2O2/c1-6-4-10(5-7(6)2)8(11)9-12-3/h6-7H,4-5H2,1-3H3,(H,9,11). The van der Waals surface area contributed by atoms with Crippen LogP contribution in [0.1, 0.15) is 13.8 Å². The zero-order valence-corrected chi connectivity index (χ0v) is 7.83. The topological polar surface area (TPSA) is 41.6 Å². The van der Waals surface area contributed by atoms with E-state index in [1.165, 1.54) is 7.11 Å². The summed E-state index contributed by atoms with van der Waals surface area (Å²) in [4.78, 5) is 17.5. The van der Waals surface area contributed by atoms with Crippen molar-refractivity contribution in [1.82, 2.24) is 10.4 Å². The van der Waals surface area contributed by atoms with Crippen molar-refractivity contribution >= 4 is 6.03 Å². The Morgan fingerprint density at radius 3 is 2.33 bits per heavy atom. The third-order valence-electron chi connectivity index (χ3n) is 2.46. The van der Waals surface area contributed by atoms with E-state index in [1.807, 2.05) is 0 Å². The van der Waals surface area contributed by atoms with Crippen LogP contribution in [-0.2, 0) is 4.84 Å². The minimum atomic E-state index is -0.131. The first-order valence-electron chi connectivity index (χ1n) is 4.23. The number of hydrogen-bond acceptors (Lipinski definition) is 2. The molecule has 1 aliphatic rings. The maximum atomic E-state index is 11.2. The maximum Gasteiger partial charge on any atom is 0.341 e. The van der Waals surface area contributed by atoms with E-state index in [4.69, 9.17) is 0 Å². The average Bonchev–Trinajstić information content (AvgIpc) is 2.33. The Bertz CT molecular complexity index is 162. The molecule has 4 nitrogen and oxygen atoms in total. The summed E-state index contributed by atoms with van der Waals surface area (Å²) in [7, 11) is 1.45. The Morgan fingerprint density at radius 2 is 1.92 bits per heavy atom. The Hall–Kier alpha value is -0.770. The lowest BCUT2D eigenvalue weighted by molar-refractivity contribution is 0.0899. The van der Waals surface area contributed by atoms with Crippen molar-refractivity contribution in [3.05, 3.63) is 0 Å². The number of hydroxylamine groups is 1. The molecule has 0 aromatic rings. The van der Waals surface area contributed by atoms with Gasteiger partial charge in [-0.2, -0.15) is 0 Å². The van der Waals surface area contributed by atoms with Crippen molar-refractivity contribution in [3.8, 4) is 0 Å². The van der Waals surface area contributed by atoms with Gasteiger partial charge in [0.1, 0.15) is 0 Å². The van der Waals surface area contributed by atoms with E-state index in [2.05, 4.69) is 24.2 Å². The number of nitrogens with one attached hydrogen (secondary N) is 1. The normalized spacial score (nSPS) is 29.1. The van der Waals surface area contributed by atoms with Crippen LogP contribution < -0.4 is 5.48 Å². The van der Waals surface area contributed by atoms with Gasteiger partial charge in [-0.3, -0.25) is 4.84 Å². The number of urea groups is 1. The first-order chi connectivity index (χ1) is 5.65. The third-order valence-corrected chi connectivity index (χ3v) is 2.46. The fourth-order valence-corrected chi connectivity index (χ4v) is 1.45. The lowest BCUT2D eigenvalue weighted by Gasteiger charge is -2.15. The first-order valence-corrected chi connectivity index (χ1v) is 4.23. The Kier molecular flexibility index (Phi) is 2.92. The van der Waals surface area contributed by atoms with Crippen LogP contribution in [0.25, 0.3) is 0 Å². The number of carbonyl (C=O) groups excluding carboxylic acids is 1. The highest BCUT2D eigenvalue weighted by atomic mass is 16.6. The highest BCUT2D eigenvalue weighted by Crippen LogP contribution is 2.21. The molecule has 1 aliphatic heterocycles. The second kappa shape index (κ2) is 3.76. The van der Waals surface area contributed by atoms with E-state index in [1.54, 1.807) is 4.90 Å². The van der Waals surface area contributed by atoms with Gasteiger partial charge in [-0.15, -0.1) is 0 Å². The van der Waals surface area contributed by atoms with Gasteiger partial charge in [0, 0.05) is 13.1 Å². The van der Waals surface area contributed by atoms with Gasteiger partial charge in [-0.05, 0) is 11.8 Å². The van der Waals surface area contributed by atoms with Gasteiger partial charge in [0.15, 0.2) is 0 Å². The van der Waals surface area contributed by atoms with Crippen molar-refractivity contribution in [1.29, 1.82) is 0 Å². The SMILES string of the molecule is CONC(=O)N1CC(C)C(C)C1. The number of carbonyl (C=O) groups is 1. The molecule has 0 radical (unpaired) electrons. The van der Waals surface area contributed by atoms with E-state index in [0.717, 1.165) is 13.1 Å². The van der Waals surface area contributed by atoms with Crippen molar-refractivity contribution in [2.24, 2.45) is 11.8 Å². The minimum absolute atomic E-state index is 0.131. The monoisotopic (exact) mass is 172 g/mol. The van der Waals surface area contributed by atoms with Gasteiger partial charge < -0.3 is 4.90 Å². The smallest absolute Gasteiger partial charge is 0.322 e. The molecule has 0 saturated carbocycles. The van der Waals surface area contributed by atoms with E-state index >= 15 is 0 Å². The summed E-state index contributed by atoms with van der Waals surface area (Å²) in [5.74, 6) is 1.18. The molecule has 1 heterocycles. The van der Waals surface area contributed by atoms with Crippen LogP contribution in [0.5, 0.6) is 0 Å². The van der Waals surface area contributed by atoms with Gasteiger partial charge in [0.05, 0.1) is 7.11 Å². The predicted octanol–water partition coefficient (Wildman–Crippen LogP) is 0.845. The quantitative estimate of drug-likeness (QED) is 0.596. The fraction of sp³-hybridized carbons (Fsp3) is 0.875. The highest BCUT2D eigenvalue weighted by molar-refractivity contribution is 5.73. The summed E-state index contributed by atoms with van der Waals surface area (Å²) in [5.41, 5.74) is 2.32. The maximum absolute atomic E-state index is 11.2. The lowest BCUT2D eigenvalue weighted by Crippen LogP contribution is -2.37. The molecule has 0 aliphatic carbocycles. The molecule has 2 unspecified atom stereocenters. The average molecular weight is 172 g/mol.